The number of carbonyl (C=O) groups excluding carboxylic acids is 1. The zero-order valence-electron chi connectivity index (χ0n) is 10.5. The van der Waals surface area contributed by atoms with Crippen molar-refractivity contribution in [3.63, 3.8) is 0 Å². The summed E-state index contributed by atoms with van der Waals surface area (Å²) in [4.78, 5) is 10.7. The van der Waals surface area contributed by atoms with Gasteiger partial charge in [0.05, 0.1) is 7.11 Å². The van der Waals surface area contributed by atoms with Crippen LogP contribution < -0.4 is 0 Å². The van der Waals surface area contributed by atoms with Crippen molar-refractivity contribution in [2.24, 2.45) is 0 Å². The summed E-state index contributed by atoms with van der Waals surface area (Å²) in [6.07, 6.45) is 21.0. The van der Waals surface area contributed by atoms with Gasteiger partial charge in [0.15, 0.2) is 0 Å². The second-order valence-electron chi connectivity index (χ2n) is 3.23. The third kappa shape index (κ3) is 12.1. The van der Waals surface area contributed by atoms with E-state index in [-0.39, 0.29) is 5.97 Å². The molecule has 0 amide bonds. The molecular weight excluding hydrogens is 212 g/mol. The topological polar surface area (TPSA) is 26.3 Å². The van der Waals surface area contributed by atoms with Crippen LogP contribution in [-0.2, 0) is 9.53 Å². The molecule has 0 unspecified atom stereocenters. The lowest BCUT2D eigenvalue weighted by atomic mass is 10.2. The van der Waals surface area contributed by atoms with E-state index in [1.165, 1.54) is 13.2 Å². The fourth-order valence-corrected chi connectivity index (χ4v) is 0.984. The summed E-state index contributed by atoms with van der Waals surface area (Å²) in [5, 5.41) is 0. The summed E-state index contributed by atoms with van der Waals surface area (Å²) in [5.74, 6) is -0.330. The number of esters is 1. The van der Waals surface area contributed by atoms with Crippen LogP contribution in [0.1, 0.15) is 19.8 Å². The molecule has 0 radical (unpaired) electrons. The van der Waals surface area contributed by atoms with Crippen LogP contribution >= 0.6 is 0 Å². The van der Waals surface area contributed by atoms with Gasteiger partial charge in [0.2, 0.25) is 0 Å². The van der Waals surface area contributed by atoms with Gasteiger partial charge in [0.25, 0.3) is 0 Å². The van der Waals surface area contributed by atoms with Gasteiger partial charge in [-0.2, -0.15) is 0 Å². The fourth-order valence-electron chi connectivity index (χ4n) is 0.984. The molecule has 0 rings (SSSR count). The normalized spacial score (nSPS) is 12.8. The van der Waals surface area contributed by atoms with Crippen LogP contribution in [-0.4, -0.2) is 13.1 Å². The number of carbonyl (C=O) groups is 1. The molecule has 0 spiro atoms. The molecule has 0 aliphatic heterocycles. The molecule has 17 heavy (non-hydrogen) atoms. The number of rotatable bonds is 7. The van der Waals surface area contributed by atoms with E-state index in [2.05, 4.69) is 10.8 Å². The highest BCUT2D eigenvalue weighted by atomic mass is 16.5. The van der Waals surface area contributed by atoms with Crippen molar-refractivity contribution in [2.75, 3.05) is 7.11 Å². The summed E-state index contributed by atoms with van der Waals surface area (Å²) in [7, 11) is 1.36. The Morgan fingerprint density at radius 2 is 1.53 bits per heavy atom. The maximum Gasteiger partial charge on any atom is 0.330 e. The molecule has 0 saturated heterocycles. The van der Waals surface area contributed by atoms with Crippen LogP contribution in [0.3, 0.4) is 0 Å². The van der Waals surface area contributed by atoms with Crippen LogP contribution in [0.4, 0.5) is 0 Å². The molecule has 0 heterocycles. The van der Waals surface area contributed by atoms with E-state index in [0.29, 0.717) is 0 Å². The van der Waals surface area contributed by atoms with Gasteiger partial charge in [-0.05, 0) is 19.8 Å². The lowest BCUT2D eigenvalue weighted by Crippen LogP contribution is -1.92. The fraction of sp³-hybridized carbons (Fsp3) is 0.267. The Morgan fingerprint density at radius 1 is 0.941 bits per heavy atom. The van der Waals surface area contributed by atoms with E-state index in [1.807, 2.05) is 49.5 Å². The molecule has 0 atom stereocenters. The first-order valence-corrected chi connectivity index (χ1v) is 5.67. The van der Waals surface area contributed by atoms with Gasteiger partial charge in [-0.3, -0.25) is 0 Å². The molecule has 0 fully saturated rings. The Balaban J connectivity index is 3.60. The maximum absolute atomic E-state index is 10.7. The van der Waals surface area contributed by atoms with E-state index >= 15 is 0 Å². The largest absolute Gasteiger partial charge is 0.466 e. The Kier molecular flexibility index (Phi) is 10.9. The predicted molar refractivity (Wildman–Crippen MR) is 72.6 cm³/mol. The zero-order valence-corrected chi connectivity index (χ0v) is 10.5. The molecule has 0 aromatic rings. The first-order valence-electron chi connectivity index (χ1n) is 5.67. The molecule has 2 heteroatoms. The molecule has 92 valence electrons. The third-order valence-electron chi connectivity index (χ3n) is 1.84. The number of hydrogen-bond donors (Lipinski definition) is 0. The second-order valence-corrected chi connectivity index (χ2v) is 3.23. The Bertz CT molecular complexity index is 331. The van der Waals surface area contributed by atoms with Crippen molar-refractivity contribution in [3.05, 3.63) is 60.8 Å². The Hall–Kier alpha value is -1.83. The van der Waals surface area contributed by atoms with Gasteiger partial charge in [-0.25, -0.2) is 4.79 Å². The molecule has 2 nitrogen and oxygen atoms in total. The molecule has 0 bridgehead atoms. The minimum atomic E-state index is -0.330. The number of unbranched alkanes of at least 4 members (excludes halogenated alkanes) is 1. The van der Waals surface area contributed by atoms with Gasteiger partial charge in [0.1, 0.15) is 0 Å². The van der Waals surface area contributed by atoms with Crippen LogP contribution in [0.2, 0.25) is 0 Å². The minimum absolute atomic E-state index is 0.330. The quantitative estimate of drug-likeness (QED) is 0.289. The summed E-state index contributed by atoms with van der Waals surface area (Å²) in [6, 6.07) is 0. The molecule has 0 aliphatic carbocycles. The van der Waals surface area contributed by atoms with E-state index in [4.69, 9.17) is 0 Å². The first kappa shape index (κ1) is 15.2. The molecule has 0 saturated carbocycles. The highest BCUT2D eigenvalue weighted by Gasteiger charge is 1.86. The Morgan fingerprint density at radius 3 is 2.12 bits per heavy atom. The third-order valence-corrected chi connectivity index (χ3v) is 1.84. The smallest absolute Gasteiger partial charge is 0.330 e. The zero-order chi connectivity index (χ0) is 12.8. The van der Waals surface area contributed by atoms with Gasteiger partial charge in [0, 0.05) is 6.08 Å². The Labute approximate surface area is 104 Å². The monoisotopic (exact) mass is 232 g/mol. The average molecular weight is 232 g/mol. The first-order chi connectivity index (χ1) is 8.31. The van der Waals surface area contributed by atoms with Crippen molar-refractivity contribution in [1.82, 2.24) is 0 Å². The summed E-state index contributed by atoms with van der Waals surface area (Å²) in [6.45, 7) is 1.99. The second kappa shape index (κ2) is 12.2. The van der Waals surface area contributed by atoms with Gasteiger partial charge in [-0.15, -0.1) is 0 Å². The molecule has 0 N–H and O–H groups in total. The number of ether oxygens (including phenoxy) is 1. The van der Waals surface area contributed by atoms with Gasteiger partial charge >= 0.3 is 5.97 Å². The van der Waals surface area contributed by atoms with Gasteiger partial charge in [-0.1, -0.05) is 54.7 Å². The number of methoxy groups -OCH3 is 1. The van der Waals surface area contributed by atoms with Crippen LogP contribution in [0.5, 0.6) is 0 Å². The predicted octanol–water partition coefficient (Wildman–Crippen LogP) is 3.74. The summed E-state index contributed by atoms with van der Waals surface area (Å²) in [5.41, 5.74) is 0. The molecule has 0 aliphatic rings. The average Bonchev–Trinajstić information content (AvgIpc) is 2.35. The van der Waals surface area contributed by atoms with E-state index in [1.54, 1.807) is 6.08 Å². The minimum Gasteiger partial charge on any atom is -0.466 e. The van der Waals surface area contributed by atoms with Crippen molar-refractivity contribution >= 4 is 5.97 Å². The SMILES string of the molecule is C/C=C/C=C/C=CCC/C=C/C=C/C(=O)OC. The standard InChI is InChI=1S/C15H20O2/c1-3-4-5-6-7-8-9-10-11-12-13-14-15(16)17-2/h3-8,11-14H,9-10H2,1-2H3/b4-3+,6-5+,8-7?,12-11+,14-13+. The van der Waals surface area contributed by atoms with E-state index in [0.717, 1.165) is 12.8 Å². The number of allylic oxidation sites excluding steroid dienone is 9. The highest BCUT2D eigenvalue weighted by molar-refractivity contribution is 5.82. The summed E-state index contributed by atoms with van der Waals surface area (Å²) >= 11 is 0. The highest BCUT2D eigenvalue weighted by Crippen LogP contribution is 1.94. The van der Waals surface area contributed by atoms with E-state index in [9.17, 15) is 4.79 Å². The van der Waals surface area contributed by atoms with Crippen molar-refractivity contribution in [2.45, 2.75) is 19.8 Å². The molecular formula is C15H20O2. The van der Waals surface area contributed by atoms with Crippen LogP contribution in [0.25, 0.3) is 0 Å². The van der Waals surface area contributed by atoms with Gasteiger partial charge < -0.3 is 4.74 Å². The molecule has 0 aromatic carbocycles. The molecule has 0 aromatic heterocycles. The van der Waals surface area contributed by atoms with Crippen molar-refractivity contribution < 1.29 is 9.53 Å². The van der Waals surface area contributed by atoms with Crippen LogP contribution in [0, 0.1) is 0 Å². The van der Waals surface area contributed by atoms with Crippen LogP contribution in [0.15, 0.2) is 60.8 Å². The lowest BCUT2D eigenvalue weighted by Gasteiger charge is -1.87. The number of hydrogen-bond acceptors (Lipinski definition) is 2. The van der Waals surface area contributed by atoms with E-state index < -0.39 is 0 Å². The lowest BCUT2D eigenvalue weighted by molar-refractivity contribution is -0.134. The maximum atomic E-state index is 10.7. The summed E-state index contributed by atoms with van der Waals surface area (Å²) < 4.78 is 4.46. The van der Waals surface area contributed by atoms with Crippen molar-refractivity contribution in [3.8, 4) is 0 Å². The van der Waals surface area contributed by atoms with Crippen molar-refractivity contribution in [1.29, 1.82) is 0 Å².